The van der Waals surface area contributed by atoms with Gasteiger partial charge in [0.25, 0.3) is 0 Å². The quantitative estimate of drug-likeness (QED) is 0.806. The number of para-hydroxylation sites is 2. The number of rotatable bonds is 7. The fourth-order valence-corrected chi connectivity index (χ4v) is 3.71. The van der Waals surface area contributed by atoms with Crippen LogP contribution in [0.3, 0.4) is 0 Å². The minimum absolute atomic E-state index is 0.0236. The molecule has 0 aliphatic heterocycles. The van der Waals surface area contributed by atoms with E-state index >= 15 is 0 Å². The fourth-order valence-electron chi connectivity index (χ4n) is 2.77. The standard InChI is InChI=1S/C19H24N2O4S/c1-14-11-15(2)13-16(12-14)20-19(22)9-10-21(26(4,23)24)17-7-5-6-8-18(17)25-3/h5-8,11-13H,9-10H2,1-4H3,(H,20,22). The van der Waals surface area contributed by atoms with Crippen LogP contribution >= 0.6 is 0 Å². The first-order valence-corrected chi connectivity index (χ1v) is 10.0. The number of carbonyl (C=O) groups is 1. The summed E-state index contributed by atoms with van der Waals surface area (Å²) in [6.45, 7) is 3.93. The minimum Gasteiger partial charge on any atom is -0.495 e. The van der Waals surface area contributed by atoms with Gasteiger partial charge in [0.1, 0.15) is 5.75 Å². The first kappa shape index (κ1) is 19.8. The number of nitrogens with zero attached hydrogens (tertiary/aromatic N) is 1. The van der Waals surface area contributed by atoms with Gasteiger partial charge in [-0.05, 0) is 49.2 Å². The molecular weight excluding hydrogens is 352 g/mol. The Bertz CT molecular complexity index is 874. The zero-order valence-corrected chi connectivity index (χ0v) is 16.3. The molecule has 0 aliphatic rings. The Labute approximate surface area is 154 Å². The lowest BCUT2D eigenvalue weighted by atomic mass is 10.1. The summed E-state index contributed by atoms with van der Waals surface area (Å²) >= 11 is 0. The molecule has 0 aliphatic carbocycles. The molecule has 0 heterocycles. The number of hydrogen-bond donors (Lipinski definition) is 1. The van der Waals surface area contributed by atoms with Crippen molar-refractivity contribution in [2.45, 2.75) is 20.3 Å². The highest BCUT2D eigenvalue weighted by atomic mass is 32.2. The second kappa shape index (κ2) is 8.23. The van der Waals surface area contributed by atoms with Crippen LogP contribution < -0.4 is 14.4 Å². The summed E-state index contributed by atoms with van der Waals surface area (Å²) < 4.78 is 30.8. The van der Waals surface area contributed by atoms with Crippen LogP contribution in [0.4, 0.5) is 11.4 Å². The summed E-state index contributed by atoms with van der Waals surface area (Å²) in [6, 6.07) is 12.6. The second-order valence-electron chi connectivity index (χ2n) is 6.18. The van der Waals surface area contributed by atoms with Gasteiger partial charge in [0.15, 0.2) is 0 Å². The van der Waals surface area contributed by atoms with Gasteiger partial charge in [-0.3, -0.25) is 9.10 Å². The molecule has 0 unspecified atom stereocenters. The molecule has 0 aromatic heterocycles. The number of benzene rings is 2. The van der Waals surface area contributed by atoms with Crippen LogP contribution in [0.15, 0.2) is 42.5 Å². The van der Waals surface area contributed by atoms with Crippen molar-refractivity contribution in [1.82, 2.24) is 0 Å². The summed E-state index contributed by atoms with van der Waals surface area (Å²) in [6.07, 6.45) is 1.14. The number of methoxy groups -OCH3 is 1. The molecule has 0 saturated heterocycles. The van der Waals surface area contributed by atoms with Gasteiger partial charge in [0, 0.05) is 18.7 Å². The molecule has 0 radical (unpaired) electrons. The van der Waals surface area contributed by atoms with E-state index in [1.165, 1.54) is 11.4 Å². The van der Waals surface area contributed by atoms with Crippen molar-refractivity contribution in [3.05, 3.63) is 53.6 Å². The number of ether oxygens (including phenoxy) is 1. The normalized spacial score (nSPS) is 11.1. The molecule has 0 fully saturated rings. The Hall–Kier alpha value is -2.54. The maximum absolute atomic E-state index is 12.3. The average Bonchev–Trinajstić information content (AvgIpc) is 2.53. The molecule has 1 N–H and O–H groups in total. The molecular formula is C19H24N2O4S. The molecule has 1 amide bonds. The SMILES string of the molecule is COc1ccccc1N(CCC(=O)Nc1cc(C)cc(C)c1)S(C)(=O)=O. The second-order valence-corrected chi connectivity index (χ2v) is 8.09. The topological polar surface area (TPSA) is 75.7 Å². The van der Waals surface area contributed by atoms with Crippen molar-refractivity contribution in [1.29, 1.82) is 0 Å². The van der Waals surface area contributed by atoms with Gasteiger partial charge in [0.05, 0.1) is 19.1 Å². The van der Waals surface area contributed by atoms with E-state index in [1.54, 1.807) is 24.3 Å². The highest BCUT2D eigenvalue weighted by Gasteiger charge is 2.21. The molecule has 7 heteroatoms. The van der Waals surface area contributed by atoms with E-state index in [9.17, 15) is 13.2 Å². The first-order chi connectivity index (χ1) is 12.2. The molecule has 2 aromatic rings. The first-order valence-electron chi connectivity index (χ1n) is 8.19. The van der Waals surface area contributed by atoms with Crippen LogP contribution in [0.5, 0.6) is 5.75 Å². The summed E-state index contributed by atoms with van der Waals surface area (Å²) in [4.78, 5) is 12.3. The lowest BCUT2D eigenvalue weighted by Crippen LogP contribution is -2.33. The van der Waals surface area contributed by atoms with Crippen LogP contribution in [0.2, 0.25) is 0 Å². The van der Waals surface area contributed by atoms with Crippen molar-refractivity contribution < 1.29 is 17.9 Å². The van der Waals surface area contributed by atoms with Gasteiger partial charge < -0.3 is 10.1 Å². The van der Waals surface area contributed by atoms with Gasteiger partial charge in [-0.25, -0.2) is 8.42 Å². The van der Waals surface area contributed by atoms with Gasteiger partial charge in [-0.1, -0.05) is 18.2 Å². The Morgan fingerprint density at radius 3 is 2.31 bits per heavy atom. The van der Waals surface area contributed by atoms with E-state index < -0.39 is 10.0 Å². The third-order valence-corrected chi connectivity index (χ3v) is 4.98. The molecule has 6 nitrogen and oxygen atoms in total. The highest BCUT2D eigenvalue weighted by molar-refractivity contribution is 7.92. The number of sulfonamides is 1. The Morgan fingerprint density at radius 2 is 1.73 bits per heavy atom. The minimum atomic E-state index is -3.56. The van der Waals surface area contributed by atoms with Crippen LogP contribution in [-0.4, -0.2) is 34.2 Å². The Kier molecular flexibility index (Phi) is 6.26. The van der Waals surface area contributed by atoms with E-state index in [0.717, 1.165) is 17.4 Å². The summed E-state index contributed by atoms with van der Waals surface area (Å²) in [7, 11) is -2.08. The predicted molar refractivity (Wildman–Crippen MR) is 104 cm³/mol. The van der Waals surface area contributed by atoms with E-state index in [0.29, 0.717) is 17.1 Å². The summed E-state index contributed by atoms with van der Waals surface area (Å²) in [5.74, 6) is 0.186. The number of hydrogen-bond acceptors (Lipinski definition) is 4. The maximum atomic E-state index is 12.3. The van der Waals surface area contributed by atoms with Crippen LogP contribution in [0.1, 0.15) is 17.5 Å². The number of carbonyl (C=O) groups excluding carboxylic acids is 1. The van der Waals surface area contributed by atoms with Crippen molar-refractivity contribution in [2.75, 3.05) is 29.5 Å². The van der Waals surface area contributed by atoms with Crippen LogP contribution in [0.25, 0.3) is 0 Å². The monoisotopic (exact) mass is 376 g/mol. The van der Waals surface area contributed by atoms with Crippen molar-refractivity contribution in [3.63, 3.8) is 0 Å². The Morgan fingerprint density at radius 1 is 1.12 bits per heavy atom. The number of nitrogens with one attached hydrogen (secondary N) is 1. The third kappa shape index (κ3) is 5.23. The lowest BCUT2D eigenvalue weighted by Gasteiger charge is -2.24. The van der Waals surface area contributed by atoms with Gasteiger partial charge in [-0.15, -0.1) is 0 Å². The molecule has 26 heavy (non-hydrogen) atoms. The van der Waals surface area contributed by atoms with Gasteiger partial charge in [0.2, 0.25) is 15.9 Å². The smallest absolute Gasteiger partial charge is 0.232 e. The summed E-state index contributed by atoms with van der Waals surface area (Å²) in [5, 5.41) is 2.82. The van der Waals surface area contributed by atoms with E-state index in [4.69, 9.17) is 4.74 Å². The molecule has 0 bridgehead atoms. The average molecular weight is 376 g/mol. The maximum Gasteiger partial charge on any atom is 0.232 e. The molecule has 0 spiro atoms. The summed E-state index contributed by atoms with van der Waals surface area (Å²) in [5.41, 5.74) is 3.21. The third-order valence-electron chi connectivity index (χ3n) is 3.80. The molecule has 0 atom stereocenters. The zero-order valence-electron chi connectivity index (χ0n) is 15.4. The fraction of sp³-hybridized carbons (Fsp3) is 0.316. The molecule has 2 aromatic carbocycles. The lowest BCUT2D eigenvalue weighted by molar-refractivity contribution is -0.116. The van der Waals surface area contributed by atoms with Gasteiger partial charge in [-0.2, -0.15) is 0 Å². The van der Waals surface area contributed by atoms with E-state index in [-0.39, 0.29) is 18.9 Å². The number of amides is 1. The van der Waals surface area contributed by atoms with Crippen molar-refractivity contribution >= 4 is 27.3 Å². The zero-order chi connectivity index (χ0) is 19.3. The highest BCUT2D eigenvalue weighted by Crippen LogP contribution is 2.29. The predicted octanol–water partition coefficient (Wildman–Crippen LogP) is 3.11. The van der Waals surface area contributed by atoms with E-state index in [1.807, 2.05) is 32.0 Å². The van der Waals surface area contributed by atoms with Crippen molar-refractivity contribution in [2.24, 2.45) is 0 Å². The number of aryl methyl sites for hydroxylation is 2. The molecule has 0 saturated carbocycles. The molecule has 2 rings (SSSR count). The van der Waals surface area contributed by atoms with Crippen LogP contribution in [0, 0.1) is 13.8 Å². The van der Waals surface area contributed by atoms with E-state index in [2.05, 4.69) is 5.32 Å². The van der Waals surface area contributed by atoms with Crippen molar-refractivity contribution in [3.8, 4) is 5.75 Å². The van der Waals surface area contributed by atoms with Crippen LogP contribution in [-0.2, 0) is 14.8 Å². The molecule has 140 valence electrons. The van der Waals surface area contributed by atoms with Gasteiger partial charge >= 0.3 is 0 Å². The Balaban J connectivity index is 2.13. The number of anilines is 2. The largest absolute Gasteiger partial charge is 0.495 e.